The van der Waals surface area contributed by atoms with E-state index in [-0.39, 0.29) is 11.6 Å². The SMILES string of the molecule is CC1=C(C)C(=O)C(CCNc2ncnc3c2ncn3[C@@H]2O[C@H](CO)[C@@H](O)[C@H]2O)=C(C)C1=O. The number of ketones is 2. The first-order chi connectivity index (χ1) is 15.3. The summed E-state index contributed by atoms with van der Waals surface area (Å²) in [5.74, 6) is 0.179. The van der Waals surface area contributed by atoms with Gasteiger partial charge < -0.3 is 25.4 Å². The first kappa shape index (κ1) is 22.2. The molecule has 0 unspecified atom stereocenters. The minimum atomic E-state index is -1.26. The molecule has 1 aliphatic heterocycles. The molecule has 2 aliphatic rings. The molecule has 1 aliphatic carbocycles. The van der Waals surface area contributed by atoms with Crippen LogP contribution in [0.1, 0.15) is 33.4 Å². The van der Waals surface area contributed by atoms with Gasteiger partial charge in [0.1, 0.15) is 24.6 Å². The number of carbonyl (C=O) groups is 2. The van der Waals surface area contributed by atoms with Crippen LogP contribution in [0.2, 0.25) is 0 Å². The highest BCUT2D eigenvalue weighted by atomic mass is 16.6. The van der Waals surface area contributed by atoms with Crippen molar-refractivity contribution < 1.29 is 29.6 Å². The van der Waals surface area contributed by atoms with Crippen LogP contribution in [0.3, 0.4) is 0 Å². The lowest BCUT2D eigenvalue weighted by Crippen LogP contribution is -2.33. The number of fused-ring (bicyclic) bond motifs is 1. The van der Waals surface area contributed by atoms with Gasteiger partial charge in [-0.05, 0) is 27.2 Å². The van der Waals surface area contributed by atoms with Gasteiger partial charge in [-0.2, -0.15) is 0 Å². The van der Waals surface area contributed by atoms with Crippen LogP contribution < -0.4 is 5.32 Å². The number of carbonyl (C=O) groups excluding carboxylic acids is 2. The number of nitrogens with zero attached hydrogens (tertiary/aromatic N) is 4. The first-order valence-electron chi connectivity index (χ1n) is 10.3. The van der Waals surface area contributed by atoms with E-state index < -0.39 is 31.1 Å². The Hall–Kier alpha value is -2.99. The van der Waals surface area contributed by atoms with Crippen LogP contribution in [0.25, 0.3) is 11.2 Å². The number of Topliss-reactive ketones (excluding diaryl/α,β-unsaturated/α-hetero) is 2. The van der Waals surface area contributed by atoms with Crippen molar-refractivity contribution in [3.05, 3.63) is 34.9 Å². The van der Waals surface area contributed by atoms with Crippen molar-refractivity contribution in [1.82, 2.24) is 19.5 Å². The van der Waals surface area contributed by atoms with Gasteiger partial charge in [0.05, 0.1) is 12.9 Å². The predicted molar refractivity (Wildman–Crippen MR) is 113 cm³/mol. The molecule has 2 aromatic heterocycles. The molecule has 0 bridgehead atoms. The number of anilines is 1. The molecule has 4 N–H and O–H groups in total. The molecule has 170 valence electrons. The molecule has 0 spiro atoms. The molecule has 2 aromatic rings. The van der Waals surface area contributed by atoms with Crippen LogP contribution in [0.4, 0.5) is 5.82 Å². The lowest BCUT2D eigenvalue weighted by Gasteiger charge is -2.19. The topological polar surface area (TPSA) is 160 Å². The number of rotatable bonds is 6. The van der Waals surface area contributed by atoms with E-state index in [0.29, 0.717) is 52.2 Å². The van der Waals surface area contributed by atoms with Crippen molar-refractivity contribution >= 4 is 28.5 Å². The monoisotopic (exact) mass is 443 g/mol. The van der Waals surface area contributed by atoms with Crippen molar-refractivity contribution in [3.63, 3.8) is 0 Å². The van der Waals surface area contributed by atoms with Gasteiger partial charge in [0.15, 0.2) is 34.8 Å². The fraction of sp³-hybridized carbons (Fsp3) is 0.476. The Balaban J connectivity index is 1.52. The summed E-state index contributed by atoms with van der Waals surface area (Å²) >= 11 is 0. The van der Waals surface area contributed by atoms with E-state index in [0.717, 1.165) is 0 Å². The lowest BCUT2D eigenvalue weighted by molar-refractivity contribution is -0.116. The second-order valence-electron chi connectivity index (χ2n) is 7.96. The Labute approximate surface area is 183 Å². The molecule has 1 fully saturated rings. The maximum atomic E-state index is 12.6. The zero-order valence-corrected chi connectivity index (χ0v) is 17.9. The van der Waals surface area contributed by atoms with Gasteiger partial charge in [-0.15, -0.1) is 0 Å². The van der Waals surface area contributed by atoms with Gasteiger partial charge in [0.2, 0.25) is 0 Å². The van der Waals surface area contributed by atoms with Crippen molar-refractivity contribution in [2.24, 2.45) is 0 Å². The fourth-order valence-corrected chi connectivity index (χ4v) is 4.04. The smallest absolute Gasteiger partial charge is 0.185 e. The van der Waals surface area contributed by atoms with Gasteiger partial charge in [0, 0.05) is 28.8 Å². The second kappa shape index (κ2) is 8.51. The van der Waals surface area contributed by atoms with E-state index >= 15 is 0 Å². The largest absolute Gasteiger partial charge is 0.394 e. The van der Waals surface area contributed by atoms with Crippen molar-refractivity contribution in [3.8, 4) is 0 Å². The normalized spacial score (nSPS) is 26.6. The number of nitrogens with one attached hydrogen (secondary N) is 1. The van der Waals surface area contributed by atoms with E-state index in [2.05, 4.69) is 20.3 Å². The molecule has 11 heteroatoms. The molecule has 0 aromatic carbocycles. The number of hydrogen-bond acceptors (Lipinski definition) is 10. The van der Waals surface area contributed by atoms with E-state index in [9.17, 15) is 24.9 Å². The molecular formula is C21H25N5O6. The summed E-state index contributed by atoms with van der Waals surface area (Å²) in [6.07, 6.45) is -1.32. The Morgan fingerprint density at radius 1 is 1.03 bits per heavy atom. The van der Waals surface area contributed by atoms with Crippen molar-refractivity contribution in [2.75, 3.05) is 18.5 Å². The third-order valence-electron chi connectivity index (χ3n) is 6.13. The maximum Gasteiger partial charge on any atom is 0.185 e. The van der Waals surface area contributed by atoms with Gasteiger partial charge in [0.25, 0.3) is 0 Å². The molecule has 32 heavy (non-hydrogen) atoms. The first-order valence-corrected chi connectivity index (χ1v) is 10.3. The van der Waals surface area contributed by atoms with Crippen LogP contribution in [-0.2, 0) is 14.3 Å². The molecule has 1 saturated heterocycles. The van der Waals surface area contributed by atoms with E-state index in [1.807, 2.05) is 0 Å². The quantitative estimate of drug-likeness (QED) is 0.449. The molecule has 11 nitrogen and oxygen atoms in total. The highest BCUT2D eigenvalue weighted by molar-refractivity contribution is 6.24. The van der Waals surface area contributed by atoms with E-state index in [4.69, 9.17) is 4.74 Å². The van der Waals surface area contributed by atoms with Crippen LogP contribution in [0.5, 0.6) is 0 Å². The number of aromatic nitrogens is 4. The molecular weight excluding hydrogens is 418 g/mol. The van der Waals surface area contributed by atoms with Gasteiger partial charge in [-0.3, -0.25) is 14.2 Å². The molecule has 0 radical (unpaired) electrons. The van der Waals surface area contributed by atoms with Crippen LogP contribution in [0.15, 0.2) is 34.9 Å². The third kappa shape index (κ3) is 3.52. The predicted octanol–water partition coefficient (Wildman–Crippen LogP) is 0.0445. The van der Waals surface area contributed by atoms with Crippen LogP contribution in [-0.4, -0.2) is 77.9 Å². The summed E-state index contributed by atoms with van der Waals surface area (Å²) in [5.41, 5.74) is 2.67. The maximum absolute atomic E-state index is 12.6. The molecule has 0 saturated carbocycles. The number of ether oxygens (including phenoxy) is 1. The highest BCUT2D eigenvalue weighted by Gasteiger charge is 2.44. The number of allylic oxidation sites excluding steroid dienone is 3. The molecule has 4 rings (SSSR count). The summed E-state index contributed by atoms with van der Waals surface area (Å²) in [5, 5.41) is 32.7. The number of aliphatic hydroxyl groups excluding tert-OH is 3. The third-order valence-corrected chi connectivity index (χ3v) is 6.13. The van der Waals surface area contributed by atoms with Crippen molar-refractivity contribution in [1.29, 1.82) is 0 Å². The number of imidazole rings is 1. The van der Waals surface area contributed by atoms with Crippen molar-refractivity contribution in [2.45, 2.75) is 51.7 Å². The van der Waals surface area contributed by atoms with Crippen LogP contribution in [0, 0.1) is 0 Å². The Morgan fingerprint density at radius 3 is 2.44 bits per heavy atom. The van der Waals surface area contributed by atoms with Gasteiger partial charge in [-0.1, -0.05) is 0 Å². The fourth-order valence-electron chi connectivity index (χ4n) is 4.04. The summed E-state index contributed by atoms with van der Waals surface area (Å²) in [4.78, 5) is 37.6. The summed E-state index contributed by atoms with van der Waals surface area (Å²) < 4.78 is 7.02. The lowest BCUT2D eigenvalue weighted by atomic mass is 9.84. The Morgan fingerprint density at radius 2 is 1.75 bits per heavy atom. The Kier molecular flexibility index (Phi) is 5.91. The molecule has 0 amide bonds. The zero-order chi connectivity index (χ0) is 23.2. The summed E-state index contributed by atoms with van der Waals surface area (Å²) in [6.45, 7) is 4.89. The molecule has 3 heterocycles. The average molecular weight is 443 g/mol. The van der Waals surface area contributed by atoms with E-state index in [1.54, 1.807) is 20.8 Å². The summed E-state index contributed by atoms with van der Waals surface area (Å²) in [7, 11) is 0. The second-order valence-corrected chi connectivity index (χ2v) is 7.96. The highest BCUT2D eigenvalue weighted by Crippen LogP contribution is 2.32. The van der Waals surface area contributed by atoms with E-state index in [1.165, 1.54) is 17.2 Å². The minimum absolute atomic E-state index is 0.112. The van der Waals surface area contributed by atoms with Gasteiger partial charge in [-0.25, -0.2) is 15.0 Å². The van der Waals surface area contributed by atoms with Crippen LogP contribution >= 0.6 is 0 Å². The minimum Gasteiger partial charge on any atom is -0.394 e. The Bertz CT molecular complexity index is 1150. The van der Waals surface area contributed by atoms with Gasteiger partial charge >= 0.3 is 0 Å². The molecule has 4 atom stereocenters. The standard InChI is InChI=1S/C21H25N5O6/c1-9-10(2)16(29)12(11(3)15(9)28)4-5-22-19-14-20(24-7-23-19)26(8-25-14)21-18(31)17(30)13(6-27)32-21/h7-8,13,17-18,21,27,30-31H,4-6H2,1-3H3,(H,22,23,24)/t13-,17-,18-,21-/m1/s1. The summed E-state index contributed by atoms with van der Waals surface area (Å²) in [6, 6.07) is 0. The zero-order valence-electron chi connectivity index (χ0n) is 17.9. The number of aliphatic hydroxyl groups is 3. The number of hydrogen-bond donors (Lipinski definition) is 4. The average Bonchev–Trinajstić information content (AvgIpc) is 3.34.